The molecular formula is C22H24N2O4S. The molecule has 3 aromatic carbocycles. The van der Waals surface area contributed by atoms with Crippen molar-refractivity contribution in [3.63, 3.8) is 0 Å². The minimum Gasteiger partial charge on any atom is -0.497 e. The standard InChI is InChI=1S/C22H24N2O4S/c1-16-6-4-5-7-21(16)24(29(3,26)27)15-22(25)23-14-17-8-9-19-13-20(28-2)11-10-18(19)12-17/h4-13H,14-15H2,1-3H3,(H,23,25). The van der Waals surface area contributed by atoms with Crippen molar-refractivity contribution >= 4 is 32.4 Å². The summed E-state index contributed by atoms with van der Waals surface area (Å²) in [6, 6.07) is 18.8. The molecule has 1 N–H and O–H groups in total. The molecule has 29 heavy (non-hydrogen) atoms. The molecule has 3 aromatic rings. The number of carbonyl (C=O) groups excluding carboxylic acids is 1. The SMILES string of the molecule is COc1ccc2cc(CNC(=O)CN(c3ccccc3C)S(C)(=O)=O)ccc2c1. The highest BCUT2D eigenvalue weighted by atomic mass is 32.2. The largest absolute Gasteiger partial charge is 0.497 e. The van der Waals surface area contributed by atoms with Crippen LogP contribution < -0.4 is 14.4 Å². The van der Waals surface area contributed by atoms with Gasteiger partial charge in [-0.1, -0.05) is 36.4 Å². The van der Waals surface area contributed by atoms with Gasteiger partial charge in [-0.25, -0.2) is 8.42 Å². The Morgan fingerprint density at radius 1 is 1.03 bits per heavy atom. The van der Waals surface area contributed by atoms with Gasteiger partial charge in [0.2, 0.25) is 15.9 Å². The van der Waals surface area contributed by atoms with Gasteiger partial charge in [0.25, 0.3) is 0 Å². The number of hydrogen-bond acceptors (Lipinski definition) is 4. The first-order chi connectivity index (χ1) is 13.8. The van der Waals surface area contributed by atoms with Crippen LogP contribution in [-0.2, 0) is 21.4 Å². The summed E-state index contributed by atoms with van der Waals surface area (Å²) in [4.78, 5) is 12.5. The number of carbonyl (C=O) groups is 1. The molecule has 0 heterocycles. The molecule has 0 radical (unpaired) electrons. The molecule has 6 nitrogen and oxygen atoms in total. The molecule has 0 atom stereocenters. The molecule has 0 saturated carbocycles. The molecule has 0 fully saturated rings. The van der Waals surface area contributed by atoms with Gasteiger partial charge < -0.3 is 10.1 Å². The zero-order valence-electron chi connectivity index (χ0n) is 16.7. The van der Waals surface area contributed by atoms with E-state index in [-0.39, 0.29) is 12.5 Å². The first-order valence-electron chi connectivity index (χ1n) is 9.14. The third kappa shape index (κ3) is 5.06. The number of sulfonamides is 1. The molecular weight excluding hydrogens is 388 g/mol. The van der Waals surface area contributed by atoms with Crippen molar-refractivity contribution < 1.29 is 17.9 Å². The molecule has 1 amide bonds. The molecule has 7 heteroatoms. The van der Waals surface area contributed by atoms with Crippen molar-refractivity contribution in [1.29, 1.82) is 0 Å². The van der Waals surface area contributed by atoms with E-state index in [1.807, 2.05) is 55.5 Å². The predicted molar refractivity (Wildman–Crippen MR) is 116 cm³/mol. The van der Waals surface area contributed by atoms with Gasteiger partial charge >= 0.3 is 0 Å². The number of amides is 1. The summed E-state index contributed by atoms with van der Waals surface area (Å²) in [5, 5.41) is 4.89. The van der Waals surface area contributed by atoms with Crippen molar-refractivity contribution in [2.75, 3.05) is 24.2 Å². The van der Waals surface area contributed by atoms with Crippen LogP contribution in [0.3, 0.4) is 0 Å². The van der Waals surface area contributed by atoms with Crippen LogP contribution in [0.4, 0.5) is 5.69 Å². The summed E-state index contributed by atoms with van der Waals surface area (Å²) in [6.45, 7) is 1.86. The number of benzene rings is 3. The monoisotopic (exact) mass is 412 g/mol. The van der Waals surface area contributed by atoms with Crippen molar-refractivity contribution in [1.82, 2.24) is 5.32 Å². The van der Waals surface area contributed by atoms with Gasteiger partial charge in [-0.3, -0.25) is 9.10 Å². The molecule has 0 aliphatic heterocycles. The summed E-state index contributed by atoms with van der Waals surface area (Å²) >= 11 is 0. The average Bonchev–Trinajstić information content (AvgIpc) is 2.69. The molecule has 0 unspecified atom stereocenters. The number of para-hydroxylation sites is 1. The van der Waals surface area contributed by atoms with E-state index in [1.165, 1.54) is 0 Å². The fourth-order valence-corrected chi connectivity index (χ4v) is 4.04. The Hall–Kier alpha value is -3.06. The zero-order chi connectivity index (χ0) is 21.0. The van der Waals surface area contributed by atoms with Crippen LogP contribution in [0, 0.1) is 6.92 Å². The highest BCUT2D eigenvalue weighted by Crippen LogP contribution is 2.23. The third-order valence-corrected chi connectivity index (χ3v) is 5.80. The van der Waals surface area contributed by atoms with Crippen LogP contribution in [0.1, 0.15) is 11.1 Å². The first-order valence-corrected chi connectivity index (χ1v) is 11.0. The summed E-state index contributed by atoms with van der Waals surface area (Å²) in [5.41, 5.74) is 2.22. The summed E-state index contributed by atoms with van der Waals surface area (Å²) in [7, 11) is -1.97. The summed E-state index contributed by atoms with van der Waals surface area (Å²) in [5.74, 6) is 0.420. The topological polar surface area (TPSA) is 75.7 Å². The van der Waals surface area contributed by atoms with Gasteiger partial charge in [0.05, 0.1) is 19.1 Å². The number of fused-ring (bicyclic) bond motifs is 1. The summed E-state index contributed by atoms with van der Waals surface area (Å²) < 4.78 is 30.8. The second-order valence-corrected chi connectivity index (χ2v) is 8.79. The van der Waals surface area contributed by atoms with Crippen molar-refractivity contribution in [3.8, 4) is 5.75 Å². The average molecular weight is 413 g/mol. The second-order valence-electron chi connectivity index (χ2n) is 6.88. The number of anilines is 1. The maximum absolute atomic E-state index is 12.5. The van der Waals surface area contributed by atoms with Crippen LogP contribution >= 0.6 is 0 Å². The summed E-state index contributed by atoms with van der Waals surface area (Å²) in [6.07, 6.45) is 1.10. The van der Waals surface area contributed by atoms with Crippen LogP contribution in [-0.4, -0.2) is 34.2 Å². The lowest BCUT2D eigenvalue weighted by Gasteiger charge is -2.23. The number of methoxy groups -OCH3 is 1. The Balaban J connectivity index is 1.71. The second kappa shape index (κ2) is 8.53. The molecule has 0 spiro atoms. The van der Waals surface area contributed by atoms with Crippen molar-refractivity contribution in [2.45, 2.75) is 13.5 Å². The Morgan fingerprint density at radius 3 is 2.41 bits per heavy atom. The smallest absolute Gasteiger partial charge is 0.241 e. The molecule has 0 saturated heterocycles. The molecule has 0 aliphatic rings. The van der Waals surface area contributed by atoms with Crippen LogP contribution in [0.2, 0.25) is 0 Å². The molecule has 0 aromatic heterocycles. The van der Waals surface area contributed by atoms with Crippen molar-refractivity contribution in [3.05, 3.63) is 71.8 Å². The maximum atomic E-state index is 12.5. The van der Waals surface area contributed by atoms with Crippen LogP contribution in [0.15, 0.2) is 60.7 Å². The Labute approximate surface area is 171 Å². The first kappa shape index (κ1) is 20.7. The lowest BCUT2D eigenvalue weighted by atomic mass is 10.1. The lowest BCUT2D eigenvalue weighted by molar-refractivity contribution is -0.119. The van der Waals surface area contributed by atoms with E-state index in [9.17, 15) is 13.2 Å². The third-order valence-electron chi connectivity index (χ3n) is 4.67. The molecule has 3 rings (SSSR count). The zero-order valence-corrected chi connectivity index (χ0v) is 17.5. The van der Waals surface area contributed by atoms with E-state index in [0.717, 1.165) is 38.2 Å². The Bertz CT molecular complexity index is 1140. The van der Waals surface area contributed by atoms with Crippen molar-refractivity contribution in [2.24, 2.45) is 0 Å². The molecule has 152 valence electrons. The number of ether oxygens (including phenoxy) is 1. The normalized spacial score (nSPS) is 11.3. The maximum Gasteiger partial charge on any atom is 0.241 e. The van der Waals surface area contributed by atoms with Gasteiger partial charge in [-0.05, 0) is 53.1 Å². The highest BCUT2D eigenvalue weighted by Gasteiger charge is 2.22. The number of hydrogen-bond donors (Lipinski definition) is 1. The van der Waals surface area contributed by atoms with Gasteiger partial charge in [0.1, 0.15) is 12.3 Å². The van der Waals surface area contributed by atoms with E-state index >= 15 is 0 Å². The number of nitrogens with one attached hydrogen (secondary N) is 1. The van der Waals surface area contributed by atoms with E-state index in [0.29, 0.717) is 12.2 Å². The molecule has 0 aliphatic carbocycles. The number of rotatable bonds is 7. The van der Waals surface area contributed by atoms with E-state index in [1.54, 1.807) is 19.2 Å². The van der Waals surface area contributed by atoms with Crippen LogP contribution in [0.5, 0.6) is 5.75 Å². The van der Waals surface area contributed by atoms with Gasteiger partial charge in [0, 0.05) is 6.54 Å². The van der Waals surface area contributed by atoms with E-state index < -0.39 is 10.0 Å². The van der Waals surface area contributed by atoms with Gasteiger partial charge in [-0.2, -0.15) is 0 Å². The fourth-order valence-electron chi connectivity index (χ4n) is 3.12. The Morgan fingerprint density at radius 2 is 1.72 bits per heavy atom. The highest BCUT2D eigenvalue weighted by molar-refractivity contribution is 7.92. The van der Waals surface area contributed by atoms with E-state index in [4.69, 9.17) is 4.74 Å². The van der Waals surface area contributed by atoms with Gasteiger partial charge in [-0.15, -0.1) is 0 Å². The number of aryl methyl sites for hydroxylation is 1. The molecule has 0 bridgehead atoms. The minimum absolute atomic E-state index is 0.269. The minimum atomic E-state index is -3.59. The Kier molecular flexibility index (Phi) is 6.08. The fraction of sp³-hybridized carbons (Fsp3) is 0.227. The lowest BCUT2D eigenvalue weighted by Crippen LogP contribution is -2.40. The van der Waals surface area contributed by atoms with Gasteiger partial charge in [0.15, 0.2) is 0 Å². The number of nitrogens with zero attached hydrogens (tertiary/aromatic N) is 1. The van der Waals surface area contributed by atoms with E-state index in [2.05, 4.69) is 5.32 Å². The predicted octanol–water partition coefficient (Wildman–Crippen LogP) is 3.24. The van der Waals surface area contributed by atoms with Crippen LogP contribution in [0.25, 0.3) is 10.8 Å². The quantitative estimate of drug-likeness (QED) is 0.646.